The summed E-state index contributed by atoms with van der Waals surface area (Å²) in [6, 6.07) is 8.07. The lowest BCUT2D eigenvalue weighted by atomic mass is 10.1. The van der Waals surface area contributed by atoms with Crippen molar-refractivity contribution >= 4 is 0 Å². The van der Waals surface area contributed by atoms with E-state index in [1.165, 1.54) is 5.56 Å². The molecule has 1 fully saturated rings. The highest BCUT2D eigenvalue weighted by Gasteiger charge is 2.42. The average molecular weight is 192 g/mol. The lowest BCUT2D eigenvalue weighted by Crippen LogP contribution is -2.03. The zero-order valence-electron chi connectivity index (χ0n) is 8.60. The van der Waals surface area contributed by atoms with E-state index < -0.39 is 0 Å². The molecule has 0 radical (unpaired) electrons. The normalized spacial score (nSPS) is 27.1. The van der Waals surface area contributed by atoms with E-state index in [4.69, 9.17) is 4.74 Å². The van der Waals surface area contributed by atoms with E-state index in [0.29, 0.717) is 11.8 Å². The fourth-order valence-corrected chi connectivity index (χ4v) is 2.08. The first-order valence-electron chi connectivity index (χ1n) is 5.05. The minimum Gasteiger partial charge on any atom is -0.496 e. The Labute approximate surface area is 84.5 Å². The fourth-order valence-electron chi connectivity index (χ4n) is 2.08. The van der Waals surface area contributed by atoms with Gasteiger partial charge in [0.15, 0.2) is 0 Å². The molecule has 0 saturated heterocycles. The Balaban J connectivity index is 2.18. The van der Waals surface area contributed by atoms with Gasteiger partial charge in [0.1, 0.15) is 5.75 Å². The molecular weight excluding hydrogens is 176 g/mol. The van der Waals surface area contributed by atoms with Crippen LogP contribution in [0.3, 0.4) is 0 Å². The number of ether oxygens (including phenoxy) is 1. The quantitative estimate of drug-likeness (QED) is 0.795. The molecule has 0 aliphatic heterocycles. The van der Waals surface area contributed by atoms with Crippen molar-refractivity contribution in [1.29, 1.82) is 0 Å². The van der Waals surface area contributed by atoms with Crippen molar-refractivity contribution in [2.24, 2.45) is 5.92 Å². The van der Waals surface area contributed by atoms with Gasteiger partial charge in [0.2, 0.25) is 0 Å². The third-order valence-electron chi connectivity index (χ3n) is 3.00. The zero-order chi connectivity index (χ0) is 10.1. The lowest BCUT2D eigenvalue weighted by Gasteiger charge is -2.08. The van der Waals surface area contributed by atoms with Gasteiger partial charge in [-0.25, -0.2) is 0 Å². The molecule has 0 unspecified atom stereocenters. The molecule has 1 aromatic carbocycles. The van der Waals surface area contributed by atoms with E-state index in [0.717, 1.165) is 12.2 Å². The number of aliphatic hydroxyl groups excluding tert-OH is 1. The highest BCUT2D eigenvalue weighted by molar-refractivity contribution is 5.39. The van der Waals surface area contributed by atoms with Gasteiger partial charge in [-0.2, -0.15) is 0 Å². The number of aliphatic hydroxyl groups is 1. The van der Waals surface area contributed by atoms with Gasteiger partial charge >= 0.3 is 0 Å². The Hall–Kier alpha value is -1.02. The van der Waals surface area contributed by atoms with Gasteiger partial charge in [-0.15, -0.1) is 0 Å². The van der Waals surface area contributed by atoms with Gasteiger partial charge in [-0.3, -0.25) is 0 Å². The van der Waals surface area contributed by atoms with Gasteiger partial charge in [0.25, 0.3) is 0 Å². The third-order valence-corrected chi connectivity index (χ3v) is 3.00. The summed E-state index contributed by atoms with van der Waals surface area (Å²) in [5.41, 5.74) is 1.24. The summed E-state index contributed by atoms with van der Waals surface area (Å²) in [7, 11) is 1.69. The molecule has 3 atom stereocenters. The Bertz CT molecular complexity index is 320. The van der Waals surface area contributed by atoms with Gasteiger partial charge in [0.05, 0.1) is 13.2 Å². The topological polar surface area (TPSA) is 29.5 Å². The Kier molecular flexibility index (Phi) is 2.46. The molecule has 76 valence electrons. The second-order valence-electron chi connectivity index (χ2n) is 3.99. The van der Waals surface area contributed by atoms with Crippen molar-refractivity contribution in [3.05, 3.63) is 29.8 Å². The van der Waals surface area contributed by atoms with Crippen LogP contribution in [0.2, 0.25) is 0 Å². The molecule has 2 rings (SSSR count). The molecule has 0 spiro atoms. The van der Waals surface area contributed by atoms with Crippen LogP contribution in [0, 0.1) is 5.92 Å². The van der Waals surface area contributed by atoms with Gasteiger partial charge in [-0.1, -0.05) is 18.2 Å². The van der Waals surface area contributed by atoms with Gasteiger partial charge < -0.3 is 9.84 Å². The first-order valence-corrected chi connectivity index (χ1v) is 5.05. The van der Waals surface area contributed by atoms with E-state index in [1.807, 2.05) is 25.1 Å². The molecule has 0 bridgehead atoms. The van der Waals surface area contributed by atoms with Crippen LogP contribution in [-0.2, 0) is 0 Å². The fraction of sp³-hybridized carbons (Fsp3) is 0.500. The van der Waals surface area contributed by atoms with Crippen molar-refractivity contribution in [2.45, 2.75) is 25.4 Å². The summed E-state index contributed by atoms with van der Waals surface area (Å²) in [6.45, 7) is 1.86. The van der Waals surface area contributed by atoms with Crippen LogP contribution in [0.25, 0.3) is 0 Å². The highest BCUT2D eigenvalue weighted by Crippen LogP contribution is 2.51. The van der Waals surface area contributed by atoms with E-state index in [2.05, 4.69) is 6.07 Å². The van der Waals surface area contributed by atoms with Crippen molar-refractivity contribution < 1.29 is 9.84 Å². The zero-order valence-corrected chi connectivity index (χ0v) is 8.60. The average Bonchev–Trinajstić information content (AvgIpc) is 2.97. The molecule has 0 aromatic heterocycles. The lowest BCUT2D eigenvalue weighted by molar-refractivity contribution is 0.168. The third kappa shape index (κ3) is 1.62. The van der Waals surface area contributed by atoms with Gasteiger partial charge in [0, 0.05) is 0 Å². The highest BCUT2D eigenvalue weighted by atomic mass is 16.5. The molecule has 1 N–H and O–H groups in total. The Morgan fingerprint density at radius 1 is 1.43 bits per heavy atom. The van der Waals surface area contributed by atoms with Crippen LogP contribution in [-0.4, -0.2) is 18.3 Å². The number of benzene rings is 1. The summed E-state index contributed by atoms with van der Waals surface area (Å²) < 4.78 is 5.29. The molecule has 0 amide bonds. The van der Waals surface area contributed by atoms with Crippen molar-refractivity contribution in [2.75, 3.05) is 7.11 Å². The van der Waals surface area contributed by atoms with Crippen LogP contribution < -0.4 is 4.74 Å². The predicted octanol–water partition coefficient (Wildman–Crippen LogP) is 2.18. The second-order valence-corrected chi connectivity index (χ2v) is 3.99. The number of methoxy groups -OCH3 is 1. The number of para-hydroxylation sites is 1. The first-order chi connectivity index (χ1) is 6.74. The van der Waals surface area contributed by atoms with Crippen LogP contribution in [0.4, 0.5) is 0 Å². The molecule has 14 heavy (non-hydrogen) atoms. The van der Waals surface area contributed by atoms with Crippen LogP contribution in [0.15, 0.2) is 24.3 Å². The largest absolute Gasteiger partial charge is 0.496 e. The summed E-state index contributed by atoms with van der Waals surface area (Å²) >= 11 is 0. The van der Waals surface area contributed by atoms with Crippen molar-refractivity contribution in [3.63, 3.8) is 0 Å². The second kappa shape index (κ2) is 3.62. The SMILES string of the molecule is COc1ccccc1[C@@H]1C[C@@H]1[C@H](C)O. The number of rotatable bonds is 3. The van der Waals surface area contributed by atoms with Crippen LogP contribution in [0.5, 0.6) is 5.75 Å². The summed E-state index contributed by atoms with van der Waals surface area (Å²) in [6.07, 6.45) is 0.878. The molecule has 2 heteroatoms. The summed E-state index contributed by atoms with van der Waals surface area (Å²) in [5, 5.41) is 9.45. The minimum absolute atomic E-state index is 0.204. The minimum atomic E-state index is -0.204. The molecule has 1 saturated carbocycles. The molecule has 0 heterocycles. The first kappa shape index (κ1) is 9.53. The predicted molar refractivity (Wildman–Crippen MR) is 55.5 cm³/mol. The number of hydrogen-bond acceptors (Lipinski definition) is 2. The van der Waals surface area contributed by atoms with Gasteiger partial charge in [-0.05, 0) is 36.8 Å². The molecule has 1 aliphatic carbocycles. The summed E-state index contributed by atoms with van der Waals surface area (Å²) in [4.78, 5) is 0. The maximum atomic E-state index is 9.45. The van der Waals surface area contributed by atoms with E-state index in [9.17, 15) is 5.11 Å². The van der Waals surface area contributed by atoms with Crippen LogP contribution >= 0.6 is 0 Å². The van der Waals surface area contributed by atoms with Crippen LogP contribution in [0.1, 0.15) is 24.8 Å². The van der Waals surface area contributed by atoms with Crippen molar-refractivity contribution in [3.8, 4) is 5.75 Å². The van der Waals surface area contributed by atoms with Crippen molar-refractivity contribution in [1.82, 2.24) is 0 Å². The molecule has 2 nitrogen and oxygen atoms in total. The molecule has 1 aliphatic rings. The van der Waals surface area contributed by atoms with E-state index in [1.54, 1.807) is 7.11 Å². The maximum absolute atomic E-state index is 9.45. The van der Waals surface area contributed by atoms with E-state index >= 15 is 0 Å². The van der Waals surface area contributed by atoms with E-state index in [-0.39, 0.29) is 6.10 Å². The Morgan fingerprint density at radius 2 is 2.14 bits per heavy atom. The maximum Gasteiger partial charge on any atom is 0.122 e. The Morgan fingerprint density at radius 3 is 2.71 bits per heavy atom. The standard InChI is InChI=1S/C12H16O2/c1-8(13)10-7-11(10)9-5-3-4-6-12(9)14-2/h3-6,8,10-11,13H,7H2,1-2H3/t8-,10+,11-/m0/s1. The smallest absolute Gasteiger partial charge is 0.122 e. The monoisotopic (exact) mass is 192 g/mol. The number of hydrogen-bond donors (Lipinski definition) is 1. The molecular formula is C12H16O2. The summed E-state index contributed by atoms with van der Waals surface area (Å²) in [5.74, 6) is 1.86. The molecule has 1 aromatic rings.